The SMILES string of the molecule is C=C=CCC(C)CCC1CCC2C1(C)CCC2(C(C)CCCCC)C(C)(CCSC)C(C)C. The van der Waals surface area contributed by atoms with E-state index in [2.05, 4.69) is 84.9 Å². The molecule has 2 saturated carbocycles. The molecule has 2 aliphatic carbocycles. The van der Waals surface area contributed by atoms with Crippen molar-refractivity contribution in [3.63, 3.8) is 0 Å². The Bertz CT molecular complexity index is 630. The van der Waals surface area contributed by atoms with Gasteiger partial charge in [0.2, 0.25) is 0 Å². The summed E-state index contributed by atoms with van der Waals surface area (Å²) in [5.74, 6) is 5.54. The van der Waals surface area contributed by atoms with Gasteiger partial charge in [-0.05, 0) is 109 Å². The van der Waals surface area contributed by atoms with E-state index in [0.29, 0.717) is 16.2 Å². The van der Waals surface area contributed by atoms with Crippen molar-refractivity contribution in [2.24, 2.45) is 45.8 Å². The van der Waals surface area contributed by atoms with Gasteiger partial charge in [0.05, 0.1) is 0 Å². The van der Waals surface area contributed by atoms with Gasteiger partial charge in [0, 0.05) is 0 Å². The Kier molecular flexibility index (Phi) is 11.2. The summed E-state index contributed by atoms with van der Waals surface area (Å²) in [5, 5.41) is 0. The quantitative estimate of drug-likeness (QED) is 0.168. The molecule has 33 heavy (non-hydrogen) atoms. The molecule has 0 nitrogen and oxygen atoms in total. The Morgan fingerprint density at radius 2 is 1.85 bits per heavy atom. The third-order valence-electron chi connectivity index (χ3n) is 11.2. The summed E-state index contributed by atoms with van der Waals surface area (Å²) < 4.78 is 0. The second-order valence-corrected chi connectivity index (χ2v) is 13.9. The lowest BCUT2D eigenvalue weighted by molar-refractivity contribution is -0.0921. The van der Waals surface area contributed by atoms with Crippen LogP contribution in [-0.2, 0) is 0 Å². The van der Waals surface area contributed by atoms with Crippen LogP contribution in [0.1, 0.15) is 126 Å². The first-order chi connectivity index (χ1) is 15.6. The second-order valence-electron chi connectivity index (χ2n) is 12.9. The molecule has 0 aromatic heterocycles. The van der Waals surface area contributed by atoms with E-state index in [4.69, 9.17) is 0 Å². The number of unbranched alkanes of at least 4 members (excludes halogenated alkanes) is 2. The van der Waals surface area contributed by atoms with Crippen molar-refractivity contribution in [3.05, 3.63) is 18.4 Å². The van der Waals surface area contributed by atoms with Gasteiger partial charge in [0.1, 0.15) is 0 Å². The van der Waals surface area contributed by atoms with E-state index in [9.17, 15) is 0 Å². The highest BCUT2D eigenvalue weighted by Crippen LogP contribution is 2.74. The molecule has 0 saturated heterocycles. The molecule has 1 heteroatoms. The molecule has 7 unspecified atom stereocenters. The summed E-state index contributed by atoms with van der Waals surface area (Å²) in [4.78, 5) is 0. The monoisotopic (exact) mass is 474 g/mol. The van der Waals surface area contributed by atoms with Crippen molar-refractivity contribution in [2.75, 3.05) is 12.0 Å². The van der Waals surface area contributed by atoms with Crippen LogP contribution in [0.15, 0.2) is 18.4 Å². The number of thioether (sulfide) groups is 1. The molecular formula is C32H58S. The maximum Gasteiger partial charge on any atom is -0.00648 e. The number of hydrogen-bond acceptors (Lipinski definition) is 1. The minimum Gasteiger partial charge on any atom is -0.165 e. The fraction of sp³-hybridized carbons (Fsp3) is 0.906. The lowest BCUT2D eigenvalue weighted by Gasteiger charge is -2.58. The normalized spacial score (nSPS) is 32.9. The van der Waals surface area contributed by atoms with Gasteiger partial charge in [-0.2, -0.15) is 11.8 Å². The van der Waals surface area contributed by atoms with Gasteiger partial charge in [0.15, 0.2) is 0 Å². The van der Waals surface area contributed by atoms with Crippen LogP contribution >= 0.6 is 11.8 Å². The van der Waals surface area contributed by atoms with E-state index in [1.165, 1.54) is 76.4 Å². The molecule has 0 radical (unpaired) electrons. The molecule has 2 fully saturated rings. The van der Waals surface area contributed by atoms with E-state index in [1.54, 1.807) is 0 Å². The summed E-state index contributed by atoms with van der Waals surface area (Å²) in [6.07, 6.45) is 21.3. The van der Waals surface area contributed by atoms with Crippen LogP contribution in [0.2, 0.25) is 0 Å². The van der Waals surface area contributed by atoms with Crippen LogP contribution in [0.5, 0.6) is 0 Å². The molecule has 0 heterocycles. The lowest BCUT2D eigenvalue weighted by Crippen LogP contribution is -2.52. The second kappa shape index (κ2) is 12.7. The van der Waals surface area contributed by atoms with Gasteiger partial charge >= 0.3 is 0 Å². The van der Waals surface area contributed by atoms with Crippen LogP contribution < -0.4 is 0 Å². The number of fused-ring (bicyclic) bond motifs is 1. The van der Waals surface area contributed by atoms with E-state index in [0.717, 1.165) is 36.0 Å². The average Bonchev–Trinajstić information content (AvgIpc) is 3.27. The molecule has 0 aromatic rings. The molecular weight excluding hydrogens is 416 g/mol. The summed E-state index contributed by atoms with van der Waals surface area (Å²) in [6.45, 7) is 21.8. The summed E-state index contributed by atoms with van der Waals surface area (Å²) in [5.41, 5.74) is 4.50. The van der Waals surface area contributed by atoms with Crippen LogP contribution in [0.4, 0.5) is 0 Å². The summed E-state index contributed by atoms with van der Waals surface area (Å²) >= 11 is 2.07. The average molecular weight is 475 g/mol. The van der Waals surface area contributed by atoms with Crippen molar-refractivity contribution in [3.8, 4) is 0 Å². The molecule has 0 amide bonds. The van der Waals surface area contributed by atoms with Crippen LogP contribution in [0, 0.1) is 45.8 Å². The van der Waals surface area contributed by atoms with Gasteiger partial charge in [-0.3, -0.25) is 0 Å². The van der Waals surface area contributed by atoms with Crippen molar-refractivity contribution in [1.82, 2.24) is 0 Å². The summed E-state index contributed by atoms with van der Waals surface area (Å²) in [6, 6.07) is 0. The maximum absolute atomic E-state index is 3.76. The van der Waals surface area contributed by atoms with Gasteiger partial charge in [-0.15, -0.1) is 5.73 Å². The highest BCUT2D eigenvalue weighted by molar-refractivity contribution is 7.98. The zero-order chi connectivity index (χ0) is 24.7. The first-order valence-electron chi connectivity index (χ1n) is 14.5. The fourth-order valence-corrected chi connectivity index (χ4v) is 9.34. The largest absolute Gasteiger partial charge is 0.165 e. The van der Waals surface area contributed by atoms with E-state index in [-0.39, 0.29) is 0 Å². The predicted molar refractivity (Wildman–Crippen MR) is 152 cm³/mol. The molecule has 0 N–H and O–H groups in total. The number of rotatable bonds is 15. The molecule has 0 bridgehead atoms. The molecule has 192 valence electrons. The van der Waals surface area contributed by atoms with Crippen molar-refractivity contribution >= 4 is 11.8 Å². The molecule has 0 aliphatic heterocycles. The Balaban J connectivity index is 2.35. The maximum atomic E-state index is 3.76. The van der Waals surface area contributed by atoms with Crippen molar-refractivity contribution in [2.45, 2.75) is 126 Å². The standard InChI is InChI=1S/C32H58S/c1-10-12-14-16-27(6)32(31(8,25(3)4)23-24-33-9)22-21-30(7)28(19-20-29(30)32)18-17-26(5)15-13-11-2/h13,25-29H,2,10,12,14-24H2,1,3-9H3. The zero-order valence-corrected chi connectivity index (χ0v) is 24.6. The van der Waals surface area contributed by atoms with E-state index < -0.39 is 0 Å². The number of allylic oxidation sites excluding steroid dienone is 1. The topological polar surface area (TPSA) is 0 Å². The van der Waals surface area contributed by atoms with Gasteiger partial charge in [0.25, 0.3) is 0 Å². The van der Waals surface area contributed by atoms with Crippen LogP contribution in [-0.4, -0.2) is 12.0 Å². The van der Waals surface area contributed by atoms with Crippen LogP contribution in [0.25, 0.3) is 0 Å². The lowest BCUT2D eigenvalue weighted by atomic mass is 9.47. The Hall–Kier alpha value is -0.130. The van der Waals surface area contributed by atoms with E-state index in [1.807, 2.05) is 0 Å². The molecule has 0 aromatic carbocycles. The summed E-state index contributed by atoms with van der Waals surface area (Å²) in [7, 11) is 0. The van der Waals surface area contributed by atoms with Gasteiger partial charge in [-0.25, -0.2) is 0 Å². The minimum absolute atomic E-state index is 0.445. The van der Waals surface area contributed by atoms with E-state index >= 15 is 0 Å². The minimum atomic E-state index is 0.445. The first kappa shape index (κ1) is 29.1. The van der Waals surface area contributed by atoms with Crippen molar-refractivity contribution < 1.29 is 0 Å². The zero-order valence-electron chi connectivity index (χ0n) is 23.8. The first-order valence-corrected chi connectivity index (χ1v) is 15.9. The molecule has 2 rings (SSSR count). The van der Waals surface area contributed by atoms with Crippen molar-refractivity contribution in [1.29, 1.82) is 0 Å². The highest BCUT2D eigenvalue weighted by Gasteiger charge is 2.67. The molecule has 0 spiro atoms. The number of hydrogen-bond donors (Lipinski definition) is 0. The molecule has 7 atom stereocenters. The highest BCUT2D eigenvalue weighted by atomic mass is 32.2. The van der Waals surface area contributed by atoms with Crippen LogP contribution in [0.3, 0.4) is 0 Å². The fourth-order valence-electron chi connectivity index (χ4n) is 8.72. The smallest absolute Gasteiger partial charge is 0.00648 e. The third-order valence-corrected chi connectivity index (χ3v) is 11.8. The van der Waals surface area contributed by atoms with Gasteiger partial charge in [-0.1, -0.05) is 87.1 Å². The Morgan fingerprint density at radius 3 is 2.45 bits per heavy atom. The van der Waals surface area contributed by atoms with Gasteiger partial charge < -0.3 is 0 Å². The predicted octanol–water partition coefficient (Wildman–Crippen LogP) is 10.6. The molecule has 2 aliphatic rings. The Labute approximate surface area is 213 Å². The third kappa shape index (κ3) is 5.82. The Morgan fingerprint density at radius 1 is 1.12 bits per heavy atom.